The molecule has 0 fully saturated rings. The van der Waals surface area contributed by atoms with Gasteiger partial charge in [-0.15, -0.1) is 11.6 Å². The predicted octanol–water partition coefficient (Wildman–Crippen LogP) is 4.68. The van der Waals surface area contributed by atoms with Crippen LogP contribution in [0.4, 0.5) is 11.4 Å². The minimum atomic E-state index is 0.657. The van der Waals surface area contributed by atoms with Crippen molar-refractivity contribution in [2.24, 2.45) is 0 Å². The summed E-state index contributed by atoms with van der Waals surface area (Å²) in [5.41, 5.74) is 3.70. The number of nitrogens with one attached hydrogen (secondary N) is 1. The molecule has 0 unspecified atom stereocenters. The first-order valence-electron chi connectivity index (χ1n) is 5.60. The van der Waals surface area contributed by atoms with Gasteiger partial charge in [-0.25, -0.2) is 0 Å². The second kappa shape index (κ2) is 4.63. The average molecular weight is 262 g/mol. The number of anilines is 2. The lowest BCUT2D eigenvalue weighted by Gasteiger charge is -2.23. The molecule has 2 aromatic carbocycles. The highest BCUT2D eigenvalue weighted by atomic mass is 35.5. The molecule has 1 nitrogen and oxygen atoms in total. The molecule has 0 saturated heterocycles. The van der Waals surface area contributed by atoms with Crippen molar-refractivity contribution >= 4 is 34.7 Å². The molecule has 1 aliphatic heterocycles. The molecule has 0 amide bonds. The number of para-hydroxylation sites is 2. The van der Waals surface area contributed by atoms with Crippen molar-refractivity contribution in [3.8, 4) is 0 Å². The first kappa shape index (κ1) is 11.0. The normalized spacial score (nSPS) is 12.5. The van der Waals surface area contributed by atoms with E-state index in [2.05, 4.69) is 47.8 Å². The topological polar surface area (TPSA) is 12.0 Å². The number of aryl methyl sites for hydroxylation is 1. The van der Waals surface area contributed by atoms with Crippen LogP contribution in [0.15, 0.2) is 52.3 Å². The van der Waals surface area contributed by atoms with Crippen LogP contribution in [0, 0.1) is 0 Å². The van der Waals surface area contributed by atoms with Gasteiger partial charge in [-0.1, -0.05) is 36.0 Å². The minimum absolute atomic E-state index is 0.657. The maximum absolute atomic E-state index is 5.84. The molecule has 1 aliphatic rings. The Balaban J connectivity index is 2.05. The number of alkyl halides is 1. The fraction of sp³-hybridized carbons (Fsp3) is 0.143. The summed E-state index contributed by atoms with van der Waals surface area (Å²) in [6, 6.07) is 14.8. The summed E-state index contributed by atoms with van der Waals surface area (Å²) in [5, 5.41) is 3.51. The van der Waals surface area contributed by atoms with E-state index in [4.69, 9.17) is 11.6 Å². The fourth-order valence-corrected chi connectivity index (χ4v) is 3.27. The number of fused-ring (bicyclic) bond motifs is 2. The highest BCUT2D eigenvalue weighted by Gasteiger charge is 2.17. The third kappa shape index (κ3) is 2.03. The zero-order valence-corrected chi connectivity index (χ0v) is 10.8. The largest absolute Gasteiger partial charge is 0.353 e. The number of benzene rings is 2. The standard InChI is InChI=1S/C14H12ClNS/c15-9-8-10-4-3-7-13-14(10)16-11-5-1-2-6-12(11)17-13/h1-7,16H,8-9H2. The quantitative estimate of drug-likeness (QED) is 0.673. The molecule has 2 aromatic rings. The molecule has 0 saturated carbocycles. The van der Waals surface area contributed by atoms with E-state index >= 15 is 0 Å². The Morgan fingerprint density at radius 2 is 1.82 bits per heavy atom. The highest BCUT2D eigenvalue weighted by molar-refractivity contribution is 7.99. The SMILES string of the molecule is ClCCc1cccc2c1Nc1ccccc1S2. The van der Waals surface area contributed by atoms with Crippen LogP contribution in [0.5, 0.6) is 0 Å². The Morgan fingerprint density at radius 1 is 1.00 bits per heavy atom. The van der Waals surface area contributed by atoms with Crippen LogP contribution in [0.25, 0.3) is 0 Å². The second-order valence-electron chi connectivity index (χ2n) is 3.95. The summed E-state index contributed by atoms with van der Waals surface area (Å²) in [4.78, 5) is 2.56. The lowest BCUT2D eigenvalue weighted by atomic mass is 10.1. The zero-order chi connectivity index (χ0) is 11.7. The van der Waals surface area contributed by atoms with Crippen molar-refractivity contribution in [2.75, 3.05) is 11.2 Å². The van der Waals surface area contributed by atoms with Crippen molar-refractivity contribution < 1.29 is 0 Å². The molecule has 0 atom stereocenters. The summed E-state index contributed by atoms with van der Waals surface area (Å²) in [6.07, 6.45) is 0.903. The van der Waals surface area contributed by atoms with Crippen LogP contribution < -0.4 is 5.32 Å². The van der Waals surface area contributed by atoms with Gasteiger partial charge >= 0.3 is 0 Å². The van der Waals surface area contributed by atoms with Crippen molar-refractivity contribution in [1.82, 2.24) is 0 Å². The molecule has 0 radical (unpaired) electrons. The summed E-state index contributed by atoms with van der Waals surface area (Å²) >= 11 is 7.66. The van der Waals surface area contributed by atoms with Gasteiger partial charge < -0.3 is 5.32 Å². The Hall–Kier alpha value is -1.12. The Labute approximate surface area is 110 Å². The molecule has 0 bridgehead atoms. The third-order valence-electron chi connectivity index (χ3n) is 2.84. The Bertz CT molecular complexity index is 554. The average Bonchev–Trinajstić information content (AvgIpc) is 2.37. The van der Waals surface area contributed by atoms with E-state index in [-0.39, 0.29) is 0 Å². The van der Waals surface area contributed by atoms with Crippen LogP contribution in [-0.4, -0.2) is 5.88 Å². The van der Waals surface area contributed by atoms with E-state index in [1.165, 1.54) is 26.7 Å². The van der Waals surface area contributed by atoms with Gasteiger partial charge in [0.05, 0.1) is 11.4 Å². The molecule has 0 spiro atoms. The Morgan fingerprint density at radius 3 is 2.71 bits per heavy atom. The van der Waals surface area contributed by atoms with Gasteiger partial charge in [0, 0.05) is 15.7 Å². The fourth-order valence-electron chi connectivity index (χ4n) is 2.03. The van der Waals surface area contributed by atoms with Crippen molar-refractivity contribution in [2.45, 2.75) is 16.2 Å². The zero-order valence-electron chi connectivity index (χ0n) is 9.24. The van der Waals surface area contributed by atoms with Gasteiger partial charge in [0.2, 0.25) is 0 Å². The van der Waals surface area contributed by atoms with Gasteiger partial charge in [-0.3, -0.25) is 0 Å². The molecule has 0 aromatic heterocycles. The van der Waals surface area contributed by atoms with Gasteiger partial charge in [0.15, 0.2) is 0 Å². The first-order chi connectivity index (χ1) is 8.38. The smallest absolute Gasteiger partial charge is 0.0559 e. The van der Waals surface area contributed by atoms with Crippen LogP contribution in [0.1, 0.15) is 5.56 Å². The van der Waals surface area contributed by atoms with E-state index in [0.717, 1.165) is 6.42 Å². The van der Waals surface area contributed by atoms with Crippen LogP contribution in [-0.2, 0) is 6.42 Å². The summed E-state index contributed by atoms with van der Waals surface area (Å²) in [5.74, 6) is 0.657. The van der Waals surface area contributed by atoms with E-state index in [1.54, 1.807) is 0 Å². The van der Waals surface area contributed by atoms with E-state index in [1.807, 2.05) is 11.8 Å². The maximum atomic E-state index is 5.84. The molecule has 17 heavy (non-hydrogen) atoms. The predicted molar refractivity (Wildman–Crippen MR) is 74.7 cm³/mol. The molecule has 86 valence electrons. The number of halogens is 1. The van der Waals surface area contributed by atoms with E-state index in [9.17, 15) is 0 Å². The van der Waals surface area contributed by atoms with E-state index < -0.39 is 0 Å². The molecule has 3 heteroatoms. The number of hydrogen-bond donors (Lipinski definition) is 1. The third-order valence-corrected chi connectivity index (χ3v) is 4.17. The highest BCUT2D eigenvalue weighted by Crippen LogP contribution is 2.45. The molecule has 1 heterocycles. The van der Waals surface area contributed by atoms with Crippen LogP contribution in [0.2, 0.25) is 0 Å². The second-order valence-corrected chi connectivity index (χ2v) is 5.41. The van der Waals surface area contributed by atoms with Gasteiger partial charge in [0.25, 0.3) is 0 Å². The molecule has 1 N–H and O–H groups in total. The van der Waals surface area contributed by atoms with Crippen LogP contribution >= 0.6 is 23.4 Å². The van der Waals surface area contributed by atoms with Gasteiger partial charge in [0.1, 0.15) is 0 Å². The van der Waals surface area contributed by atoms with Gasteiger partial charge in [-0.05, 0) is 30.2 Å². The maximum Gasteiger partial charge on any atom is 0.0559 e. The van der Waals surface area contributed by atoms with Crippen molar-refractivity contribution in [3.63, 3.8) is 0 Å². The van der Waals surface area contributed by atoms with Crippen molar-refractivity contribution in [3.05, 3.63) is 48.0 Å². The molecular formula is C14H12ClNS. The Kier molecular flexibility index (Phi) is 3.00. The number of rotatable bonds is 2. The van der Waals surface area contributed by atoms with E-state index in [0.29, 0.717) is 5.88 Å². The summed E-state index contributed by atoms with van der Waals surface area (Å²) in [6.45, 7) is 0. The molecule has 0 aliphatic carbocycles. The molecular weight excluding hydrogens is 250 g/mol. The minimum Gasteiger partial charge on any atom is -0.353 e. The lowest BCUT2D eigenvalue weighted by molar-refractivity contribution is 1.12. The van der Waals surface area contributed by atoms with Crippen molar-refractivity contribution in [1.29, 1.82) is 0 Å². The number of hydrogen-bond acceptors (Lipinski definition) is 2. The lowest BCUT2D eigenvalue weighted by Crippen LogP contribution is -2.03. The summed E-state index contributed by atoms with van der Waals surface area (Å²) in [7, 11) is 0. The van der Waals surface area contributed by atoms with Gasteiger partial charge in [-0.2, -0.15) is 0 Å². The first-order valence-corrected chi connectivity index (χ1v) is 6.95. The summed E-state index contributed by atoms with van der Waals surface area (Å²) < 4.78 is 0. The molecule has 3 rings (SSSR count). The van der Waals surface area contributed by atoms with Crippen LogP contribution in [0.3, 0.4) is 0 Å². The monoisotopic (exact) mass is 261 g/mol.